The molecule has 0 aliphatic carbocycles. The molecule has 90 valence electrons. The van der Waals surface area contributed by atoms with Gasteiger partial charge in [-0.15, -0.1) is 0 Å². The van der Waals surface area contributed by atoms with E-state index in [2.05, 4.69) is 4.74 Å². The highest BCUT2D eigenvalue weighted by atomic mass is 16.5. The van der Waals surface area contributed by atoms with Gasteiger partial charge in [0, 0.05) is 12.1 Å². The summed E-state index contributed by atoms with van der Waals surface area (Å²) < 4.78 is 4.61. The number of aryl methyl sites for hydroxylation is 2. The Kier molecular flexibility index (Phi) is 3.13. The van der Waals surface area contributed by atoms with Gasteiger partial charge in [0.25, 0.3) is 0 Å². The first kappa shape index (κ1) is 11.6. The molecule has 0 aromatic heterocycles. The quantitative estimate of drug-likeness (QED) is 0.726. The maximum atomic E-state index is 11.8. The third-order valence-electron chi connectivity index (χ3n) is 2.96. The van der Waals surface area contributed by atoms with Crippen LogP contribution in [0.25, 0.3) is 0 Å². The molecule has 0 atom stereocenters. The smallest absolute Gasteiger partial charge is 0.325 e. The fourth-order valence-corrected chi connectivity index (χ4v) is 2.01. The van der Waals surface area contributed by atoms with Crippen molar-refractivity contribution < 1.29 is 14.3 Å². The van der Waals surface area contributed by atoms with Crippen LogP contribution in [0.3, 0.4) is 0 Å². The van der Waals surface area contributed by atoms with Gasteiger partial charge < -0.3 is 9.64 Å². The van der Waals surface area contributed by atoms with E-state index in [0.29, 0.717) is 6.42 Å². The summed E-state index contributed by atoms with van der Waals surface area (Å²) >= 11 is 0. The molecule has 1 aliphatic rings. The Hall–Kier alpha value is -1.84. The topological polar surface area (TPSA) is 46.6 Å². The zero-order valence-electron chi connectivity index (χ0n) is 10.0. The molecule has 17 heavy (non-hydrogen) atoms. The van der Waals surface area contributed by atoms with Crippen molar-refractivity contribution in [3.63, 3.8) is 0 Å². The lowest BCUT2D eigenvalue weighted by molar-refractivity contribution is -0.140. The van der Waals surface area contributed by atoms with Crippen LogP contribution >= 0.6 is 0 Å². The van der Waals surface area contributed by atoms with E-state index in [1.165, 1.54) is 12.0 Å². The van der Waals surface area contributed by atoms with E-state index in [4.69, 9.17) is 0 Å². The Morgan fingerprint density at radius 2 is 2.18 bits per heavy atom. The first-order chi connectivity index (χ1) is 8.11. The van der Waals surface area contributed by atoms with Crippen LogP contribution in [0.5, 0.6) is 0 Å². The van der Waals surface area contributed by atoms with Crippen LogP contribution in [0.2, 0.25) is 0 Å². The van der Waals surface area contributed by atoms with Crippen molar-refractivity contribution in [2.45, 2.75) is 19.8 Å². The van der Waals surface area contributed by atoms with E-state index in [-0.39, 0.29) is 12.5 Å². The molecule has 1 aliphatic heterocycles. The van der Waals surface area contributed by atoms with Crippen molar-refractivity contribution in [2.24, 2.45) is 0 Å². The number of hydrogen-bond donors (Lipinski definition) is 0. The Bertz CT molecular complexity index is 468. The number of esters is 1. The van der Waals surface area contributed by atoms with Gasteiger partial charge in [0.15, 0.2) is 0 Å². The fourth-order valence-electron chi connectivity index (χ4n) is 2.01. The number of benzene rings is 1. The van der Waals surface area contributed by atoms with Gasteiger partial charge in [0.05, 0.1) is 7.11 Å². The molecule has 0 spiro atoms. The number of hydrogen-bond acceptors (Lipinski definition) is 3. The predicted molar refractivity (Wildman–Crippen MR) is 63.9 cm³/mol. The lowest BCUT2D eigenvalue weighted by atomic mass is 9.99. The summed E-state index contributed by atoms with van der Waals surface area (Å²) in [7, 11) is 1.33. The standard InChI is InChI=1S/C13H15NO3/c1-9-3-4-10-5-6-12(15)14(11(10)7-9)8-13(16)17-2/h3-4,7H,5-6,8H2,1-2H3. The molecule has 0 saturated carbocycles. The molecule has 0 unspecified atom stereocenters. The summed E-state index contributed by atoms with van der Waals surface area (Å²) in [6.07, 6.45) is 1.19. The van der Waals surface area contributed by atoms with Crippen molar-refractivity contribution in [1.82, 2.24) is 0 Å². The lowest BCUT2D eigenvalue weighted by Crippen LogP contribution is -2.39. The van der Waals surface area contributed by atoms with Gasteiger partial charge in [-0.05, 0) is 30.5 Å². The van der Waals surface area contributed by atoms with Crippen molar-refractivity contribution in [3.05, 3.63) is 29.3 Å². The second-order valence-corrected chi connectivity index (χ2v) is 4.19. The van der Waals surface area contributed by atoms with E-state index < -0.39 is 5.97 Å². The Morgan fingerprint density at radius 3 is 2.88 bits per heavy atom. The number of methoxy groups -OCH3 is 1. The van der Waals surface area contributed by atoms with Crippen LogP contribution in [0.1, 0.15) is 17.5 Å². The van der Waals surface area contributed by atoms with Crippen molar-refractivity contribution >= 4 is 17.6 Å². The number of carbonyl (C=O) groups excluding carboxylic acids is 2. The minimum absolute atomic E-state index is 0.00815. The highest BCUT2D eigenvalue weighted by Gasteiger charge is 2.26. The molecule has 1 heterocycles. The average molecular weight is 233 g/mol. The molecule has 0 saturated heterocycles. The van der Waals surface area contributed by atoms with Gasteiger partial charge in [0.1, 0.15) is 6.54 Å². The lowest BCUT2D eigenvalue weighted by Gasteiger charge is -2.28. The highest BCUT2D eigenvalue weighted by molar-refractivity contribution is 6.00. The van der Waals surface area contributed by atoms with Crippen molar-refractivity contribution in [2.75, 3.05) is 18.6 Å². The van der Waals surface area contributed by atoms with E-state index in [1.54, 1.807) is 0 Å². The molecule has 0 bridgehead atoms. The number of carbonyl (C=O) groups is 2. The van der Waals surface area contributed by atoms with E-state index in [9.17, 15) is 9.59 Å². The SMILES string of the molecule is COC(=O)CN1C(=O)CCc2ccc(C)cc21. The number of nitrogens with zero attached hydrogens (tertiary/aromatic N) is 1. The van der Waals surface area contributed by atoms with Gasteiger partial charge >= 0.3 is 5.97 Å². The number of ether oxygens (including phenoxy) is 1. The number of amides is 1. The second-order valence-electron chi connectivity index (χ2n) is 4.19. The molecule has 2 rings (SSSR count). The summed E-state index contributed by atoms with van der Waals surface area (Å²) in [6, 6.07) is 5.97. The summed E-state index contributed by atoms with van der Waals surface area (Å²) in [5.41, 5.74) is 3.03. The normalized spacial score (nSPS) is 14.5. The largest absolute Gasteiger partial charge is 0.468 e. The van der Waals surface area contributed by atoms with Crippen LogP contribution in [0.4, 0.5) is 5.69 Å². The number of anilines is 1. The van der Waals surface area contributed by atoms with Crippen molar-refractivity contribution in [1.29, 1.82) is 0 Å². The molecule has 1 aromatic rings. The molecule has 0 fully saturated rings. The third kappa shape index (κ3) is 2.30. The first-order valence-corrected chi connectivity index (χ1v) is 5.58. The van der Waals surface area contributed by atoms with Gasteiger partial charge in [-0.1, -0.05) is 12.1 Å². The summed E-state index contributed by atoms with van der Waals surface area (Å²) in [6.45, 7) is 1.96. The van der Waals surface area contributed by atoms with E-state index in [0.717, 1.165) is 23.2 Å². The van der Waals surface area contributed by atoms with Crippen LogP contribution in [-0.2, 0) is 20.7 Å². The van der Waals surface area contributed by atoms with Crippen LogP contribution in [0.15, 0.2) is 18.2 Å². The van der Waals surface area contributed by atoms with Crippen LogP contribution in [-0.4, -0.2) is 25.5 Å². The van der Waals surface area contributed by atoms with Gasteiger partial charge in [-0.3, -0.25) is 9.59 Å². The zero-order chi connectivity index (χ0) is 12.4. The minimum Gasteiger partial charge on any atom is -0.468 e. The fraction of sp³-hybridized carbons (Fsp3) is 0.385. The molecule has 4 heteroatoms. The van der Waals surface area contributed by atoms with Gasteiger partial charge in [-0.25, -0.2) is 0 Å². The predicted octanol–water partition coefficient (Wildman–Crippen LogP) is 1.45. The van der Waals surface area contributed by atoms with E-state index in [1.807, 2.05) is 25.1 Å². The maximum absolute atomic E-state index is 11.8. The average Bonchev–Trinajstić information content (AvgIpc) is 2.32. The summed E-state index contributed by atoms with van der Waals surface area (Å²) in [5.74, 6) is -0.416. The number of rotatable bonds is 2. The molecule has 0 radical (unpaired) electrons. The first-order valence-electron chi connectivity index (χ1n) is 5.58. The Balaban J connectivity index is 2.35. The van der Waals surface area contributed by atoms with Gasteiger partial charge in [-0.2, -0.15) is 0 Å². The van der Waals surface area contributed by atoms with E-state index >= 15 is 0 Å². The summed E-state index contributed by atoms with van der Waals surface area (Å²) in [5, 5.41) is 0. The maximum Gasteiger partial charge on any atom is 0.325 e. The molecule has 0 N–H and O–H groups in total. The molecule has 1 aromatic carbocycles. The summed E-state index contributed by atoms with van der Waals surface area (Å²) in [4.78, 5) is 24.7. The second kappa shape index (κ2) is 4.57. The van der Waals surface area contributed by atoms with Gasteiger partial charge in [0.2, 0.25) is 5.91 Å². The molecular weight excluding hydrogens is 218 g/mol. The van der Waals surface area contributed by atoms with Crippen LogP contribution in [0, 0.1) is 6.92 Å². The minimum atomic E-state index is -0.396. The van der Waals surface area contributed by atoms with Crippen LogP contribution < -0.4 is 4.90 Å². The third-order valence-corrected chi connectivity index (χ3v) is 2.96. The molecular formula is C13H15NO3. The Labute approximate surface area is 100 Å². The molecule has 1 amide bonds. The number of fused-ring (bicyclic) bond motifs is 1. The monoisotopic (exact) mass is 233 g/mol. The molecule has 4 nitrogen and oxygen atoms in total. The Morgan fingerprint density at radius 1 is 1.41 bits per heavy atom. The van der Waals surface area contributed by atoms with Crippen molar-refractivity contribution in [3.8, 4) is 0 Å². The zero-order valence-corrected chi connectivity index (χ0v) is 10.0. The highest BCUT2D eigenvalue weighted by Crippen LogP contribution is 2.28.